The lowest BCUT2D eigenvalue weighted by Gasteiger charge is -2.33. The molecule has 8 nitrogen and oxygen atoms in total. The standard InChI is InChI=1S/C29H23N3O5/c1-16(33)17-7-11-20(12-8-17)31-28(35)23-24(29(31)36)26(27(34)18-9-13-21(37-2)14-10-18)32-25(23)22-6-4-3-5-19(22)15-30-32/h3-15,23-26H,1-2H3/t23-,24+,25-,26-/m1/s1. The number of rotatable bonds is 5. The minimum Gasteiger partial charge on any atom is -0.497 e. The van der Waals surface area contributed by atoms with Gasteiger partial charge in [0.05, 0.1) is 36.9 Å². The predicted molar refractivity (Wildman–Crippen MR) is 136 cm³/mol. The van der Waals surface area contributed by atoms with Crippen molar-refractivity contribution >= 4 is 35.3 Å². The van der Waals surface area contributed by atoms with Crippen LogP contribution in [0.2, 0.25) is 0 Å². The van der Waals surface area contributed by atoms with Crippen LogP contribution in [-0.4, -0.2) is 47.8 Å². The van der Waals surface area contributed by atoms with Gasteiger partial charge in [0, 0.05) is 11.1 Å². The molecule has 3 aliphatic rings. The zero-order valence-corrected chi connectivity index (χ0v) is 20.2. The molecule has 3 aromatic rings. The van der Waals surface area contributed by atoms with Crippen LogP contribution in [-0.2, 0) is 9.59 Å². The van der Waals surface area contributed by atoms with E-state index in [2.05, 4.69) is 5.10 Å². The van der Waals surface area contributed by atoms with Crippen LogP contribution in [0.3, 0.4) is 0 Å². The number of carbonyl (C=O) groups is 4. The van der Waals surface area contributed by atoms with E-state index >= 15 is 0 Å². The van der Waals surface area contributed by atoms with E-state index in [1.54, 1.807) is 66.9 Å². The van der Waals surface area contributed by atoms with Gasteiger partial charge in [-0.3, -0.25) is 24.2 Å². The van der Waals surface area contributed by atoms with E-state index in [4.69, 9.17) is 4.74 Å². The van der Waals surface area contributed by atoms with Crippen molar-refractivity contribution in [3.8, 4) is 5.75 Å². The van der Waals surface area contributed by atoms with E-state index in [-0.39, 0.29) is 17.5 Å². The van der Waals surface area contributed by atoms with Gasteiger partial charge in [-0.05, 0) is 66.6 Å². The van der Waals surface area contributed by atoms with Crippen molar-refractivity contribution in [2.24, 2.45) is 16.9 Å². The van der Waals surface area contributed by atoms with E-state index in [0.29, 0.717) is 22.6 Å². The van der Waals surface area contributed by atoms with Crippen molar-refractivity contribution in [2.45, 2.75) is 19.0 Å². The zero-order valence-electron chi connectivity index (χ0n) is 20.2. The summed E-state index contributed by atoms with van der Waals surface area (Å²) in [5.41, 5.74) is 2.97. The topological polar surface area (TPSA) is 96.3 Å². The molecular formula is C29H23N3O5. The van der Waals surface area contributed by atoms with Gasteiger partial charge in [-0.2, -0.15) is 5.10 Å². The molecule has 0 aliphatic carbocycles. The molecule has 2 fully saturated rings. The van der Waals surface area contributed by atoms with Crippen molar-refractivity contribution in [1.29, 1.82) is 0 Å². The Labute approximate surface area is 213 Å². The monoisotopic (exact) mass is 493 g/mol. The molecule has 184 valence electrons. The minimum atomic E-state index is -0.953. The first-order chi connectivity index (χ1) is 17.9. The Morgan fingerprint density at radius 2 is 1.49 bits per heavy atom. The Kier molecular flexibility index (Phi) is 5.26. The molecule has 6 rings (SSSR count). The number of hydrazone groups is 1. The lowest BCUT2D eigenvalue weighted by molar-refractivity contribution is -0.124. The largest absolute Gasteiger partial charge is 0.497 e. The molecule has 3 heterocycles. The van der Waals surface area contributed by atoms with Gasteiger partial charge >= 0.3 is 0 Å². The fourth-order valence-electron chi connectivity index (χ4n) is 5.69. The maximum Gasteiger partial charge on any atom is 0.240 e. The van der Waals surface area contributed by atoms with E-state index in [1.165, 1.54) is 6.92 Å². The number of nitrogens with zero attached hydrogens (tertiary/aromatic N) is 3. The van der Waals surface area contributed by atoms with Crippen LogP contribution in [0.25, 0.3) is 0 Å². The number of amides is 2. The number of carbonyl (C=O) groups excluding carboxylic acids is 4. The average molecular weight is 494 g/mol. The van der Waals surface area contributed by atoms with E-state index < -0.39 is 29.8 Å². The average Bonchev–Trinajstić information content (AvgIpc) is 3.40. The molecule has 2 amide bonds. The highest BCUT2D eigenvalue weighted by Gasteiger charge is 2.65. The summed E-state index contributed by atoms with van der Waals surface area (Å²) in [5, 5.41) is 6.21. The van der Waals surface area contributed by atoms with Gasteiger partial charge in [-0.1, -0.05) is 24.3 Å². The lowest BCUT2D eigenvalue weighted by atomic mass is 9.83. The fourth-order valence-corrected chi connectivity index (χ4v) is 5.69. The molecule has 3 aliphatic heterocycles. The van der Waals surface area contributed by atoms with Gasteiger partial charge in [0.15, 0.2) is 11.6 Å². The van der Waals surface area contributed by atoms with E-state index in [0.717, 1.165) is 16.0 Å². The first-order valence-corrected chi connectivity index (χ1v) is 12.0. The van der Waals surface area contributed by atoms with Gasteiger partial charge in [-0.25, -0.2) is 4.90 Å². The number of ether oxygens (including phenoxy) is 1. The van der Waals surface area contributed by atoms with Gasteiger partial charge in [-0.15, -0.1) is 0 Å². The second-order valence-electron chi connectivity index (χ2n) is 9.40. The Hall–Kier alpha value is -4.59. The molecule has 37 heavy (non-hydrogen) atoms. The number of fused-ring (bicyclic) bond motifs is 5. The van der Waals surface area contributed by atoms with Crippen molar-refractivity contribution < 1.29 is 23.9 Å². The molecule has 0 unspecified atom stereocenters. The summed E-state index contributed by atoms with van der Waals surface area (Å²) < 4.78 is 5.21. The minimum absolute atomic E-state index is 0.111. The molecule has 0 saturated carbocycles. The first-order valence-electron chi connectivity index (χ1n) is 12.0. The number of benzene rings is 3. The zero-order chi connectivity index (χ0) is 25.8. The summed E-state index contributed by atoms with van der Waals surface area (Å²) in [6.45, 7) is 1.45. The van der Waals surface area contributed by atoms with Crippen molar-refractivity contribution in [3.63, 3.8) is 0 Å². The molecule has 0 N–H and O–H groups in total. The second-order valence-corrected chi connectivity index (χ2v) is 9.40. The van der Waals surface area contributed by atoms with Gasteiger partial charge < -0.3 is 4.74 Å². The van der Waals surface area contributed by atoms with Gasteiger partial charge in [0.25, 0.3) is 0 Å². The van der Waals surface area contributed by atoms with Gasteiger partial charge in [0.1, 0.15) is 11.8 Å². The van der Waals surface area contributed by atoms with E-state index in [1.807, 2.05) is 24.3 Å². The lowest BCUT2D eigenvalue weighted by Crippen LogP contribution is -2.44. The van der Waals surface area contributed by atoms with Crippen LogP contribution in [0.15, 0.2) is 77.9 Å². The Morgan fingerprint density at radius 3 is 2.16 bits per heavy atom. The summed E-state index contributed by atoms with van der Waals surface area (Å²) in [7, 11) is 1.54. The van der Waals surface area contributed by atoms with Crippen LogP contribution < -0.4 is 9.64 Å². The molecule has 0 spiro atoms. The van der Waals surface area contributed by atoms with Crippen molar-refractivity contribution in [2.75, 3.05) is 12.0 Å². The summed E-state index contributed by atoms with van der Waals surface area (Å²) in [6.07, 6.45) is 1.67. The molecular weight excluding hydrogens is 470 g/mol. The third-order valence-corrected chi connectivity index (χ3v) is 7.47. The molecule has 3 aromatic carbocycles. The normalized spacial score (nSPS) is 23.5. The number of methoxy groups -OCH3 is 1. The number of imide groups is 1. The highest BCUT2D eigenvalue weighted by atomic mass is 16.5. The van der Waals surface area contributed by atoms with Crippen LogP contribution in [0.4, 0.5) is 5.69 Å². The third-order valence-electron chi connectivity index (χ3n) is 7.47. The molecule has 4 atom stereocenters. The summed E-state index contributed by atoms with van der Waals surface area (Å²) >= 11 is 0. The summed E-state index contributed by atoms with van der Waals surface area (Å²) in [5.74, 6) is -2.31. The first kappa shape index (κ1) is 22.8. The number of hydrogen-bond acceptors (Lipinski definition) is 7. The smallest absolute Gasteiger partial charge is 0.240 e. The molecule has 0 aromatic heterocycles. The second kappa shape index (κ2) is 8.51. The quantitative estimate of drug-likeness (QED) is 0.398. The Bertz CT molecular complexity index is 1480. The molecule has 8 heteroatoms. The highest BCUT2D eigenvalue weighted by molar-refractivity contribution is 6.24. The molecule has 0 bridgehead atoms. The summed E-state index contributed by atoms with van der Waals surface area (Å²) in [4.78, 5) is 54.6. The Morgan fingerprint density at radius 1 is 0.838 bits per heavy atom. The van der Waals surface area contributed by atoms with Gasteiger partial charge in [0.2, 0.25) is 11.8 Å². The Balaban J connectivity index is 1.45. The van der Waals surface area contributed by atoms with Crippen LogP contribution in [0.5, 0.6) is 5.75 Å². The van der Waals surface area contributed by atoms with E-state index in [9.17, 15) is 19.2 Å². The van der Waals surface area contributed by atoms with Crippen molar-refractivity contribution in [1.82, 2.24) is 5.01 Å². The molecule has 0 radical (unpaired) electrons. The van der Waals surface area contributed by atoms with Crippen LogP contribution in [0.1, 0.15) is 44.8 Å². The fraction of sp³-hybridized carbons (Fsp3) is 0.207. The SMILES string of the molecule is COc1ccc(C(=O)[C@H]2[C@H]3C(=O)N(c4ccc(C(C)=O)cc4)C(=O)[C@H]3[C@H]3c4ccccc4C=NN32)cc1. The number of hydrogen-bond donors (Lipinski definition) is 0. The molecule has 2 saturated heterocycles. The summed E-state index contributed by atoms with van der Waals surface area (Å²) in [6, 6.07) is 19.2. The van der Waals surface area contributed by atoms with Crippen molar-refractivity contribution in [3.05, 3.63) is 95.1 Å². The predicted octanol–water partition coefficient (Wildman–Crippen LogP) is 3.66. The highest BCUT2D eigenvalue weighted by Crippen LogP contribution is 2.53. The number of Topliss-reactive ketones (excluding diaryl/α,β-unsaturated/α-hetero) is 2. The van der Waals surface area contributed by atoms with Crippen LogP contribution >= 0.6 is 0 Å². The maximum absolute atomic E-state index is 13.9. The maximum atomic E-state index is 13.9. The van der Waals surface area contributed by atoms with Crippen LogP contribution in [0, 0.1) is 11.8 Å². The number of ketones is 2. The number of anilines is 1. The third kappa shape index (κ3) is 3.40.